The van der Waals surface area contributed by atoms with Crippen molar-refractivity contribution in [1.29, 1.82) is 0 Å². The van der Waals surface area contributed by atoms with Crippen molar-refractivity contribution in [2.45, 2.75) is 24.4 Å². The summed E-state index contributed by atoms with van der Waals surface area (Å²) in [6.07, 6.45) is 0. The van der Waals surface area contributed by atoms with Crippen LogP contribution in [0.3, 0.4) is 0 Å². The van der Waals surface area contributed by atoms with E-state index in [1.165, 1.54) is 0 Å². The van der Waals surface area contributed by atoms with Gasteiger partial charge in [0, 0.05) is 22.3 Å². The molecule has 0 amide bonds. The second-order valence-corrected chi connectivity index (χ2v) is 10.7. The molecule has 8 heteroatoms. The van der Waals surface area contributed by atoms with Gasteiger partial charge in [-0.3, -0.25) is 4.99 Å². The first-order chi connectivity index (χ1) is 12.9. The van der Waals surface area contributed by atoms with E-state index in [4.69, 9.17) is 28.2 Å². The van der Waals surface area contributed by atoms with Crippen LogP contribution < -0.4 is 0 Å². The standard InChI is InChI=1S/C19H18Cl2N2O2S2/c20-15-7-5-13(6-8-15)9-23-18-12-27(24,25)11-17(18)22-19(23)26-10-14-3-1-2-4-16(14)21/h1-8,17-18H,9-12H2. The third kappa shape index (κ3) is 4.29. The minimum absolute atomic E-state index is 0.0978. The quantitative estimate of drug-likeness (QED) is 0.712. The number of sulfone groups is 1. The predicted molar refractivity (Wildman–Crippen MR) is 113 cm³/mol. The number of nitrogens with zero attached hydrogens (tertiary/aromatic N) is 2. The Balaban J connectivity index is 1.55. The fraction of sp³-hybridized carbons (Fsp3) is 0.316. The Morgan fingerprint density at radius 3 is 2.56 bits per heavy atom. The second-order valence-electron chi connectivity index (χ2n) is 6.76. The van der Waals surface area contributed by atoms with E-state index in [1.54, 1.807) is 11.8 Å². The van der Waals surface area contributed by atoms with E-state index in [9.17, 15) is 8.42 Å². The lowest BCUT2D eigenvalue weighted by atomic mass is 10.1. The van der Waals surface area contributed by atoms with E-state index >= 15 is 0 Å². The largest absolute Gasteiger partial charge is 0.341 e. The molecule has 2 heterocycles. The van der Waals surface area contributed by atoms with E-state index in [0.717, 1.165) is 21.3 Å². The van der Waals surface area contributed by atoms with Crippen LogP contribution in [0.15, 0.2) is 53.5 Å². The number of hydrogen-bond donors (Lipinski definition) is 0. The maximum absolute atomic E-state index is 12.1. The first kappa shape index (κ1) is 19.1. The molecule has 0 aromatic heterocycles. The molecule has 0 saturated carbocycles. The van der Waals surface area contributed by atoms with Gasteiger partial charge in [0.2, 0.25) is 0 Å². The molecule has 2 aromatic rings. The number of rotatable bonds is 4. The van der Waals surface area contributed by atoms with Gasteiger partial charge in [0.25, 0.3) is 0 Å². The van der Waals surface area contributed by atoms with Crippen molar-refractivity contribution >= 4 is 50.0 Å². The molecule has 142 valence electrons. The van der Waals surface area contributed by atoms with Gasteiger partial charge in [-0.15, -0.1) is 0 Å². The molecular weight excluding hydrogens is 423 g/mol. The molecule has 4 rings (SSSR count). The maximum Gasteiger partial charge on any atom is 0.160 e. The summed E-state index contributed by atoms with van der Waals surface area (Å²) in [5, 5.41) is 2.30. The van der Waals surface area contributed by atoms with Crippen LogP contribution in [0.5, 0.6) is 0 Å². The molecule has 1 saturated heterocycles. The number of thioether (sulfide) groups is 1. The van der Waals surface area contributed by atoms with Gasteiger partial charge in [-0.1, -0.05) is 65.3 Å². The highest BCUT2D eigenvalue weighted by molar-refractivity contribution is 8.13. The third-order valence-corrected chi connectivity index (χ3v) is 8.17. The third-order valence-electron chi connectivity index (χ3n) is 4.80. The number of aliphatic imine (C=N–C) groups is 1. The van der Waals surface area contributed by atoms with E-state index in [-0.39, 0.29) is 23.6 Å². The van der Waals surface area contributed by atoms with Gasteiger partial charge in [0.05, 0.1) is 23.6 Å². The molecule has 0 bridgehead atoms. The average molecular weight is 441 g/mol. The van der Waals surface area contributed by atoms with Crippen LogP contribution in [0.2, 0.25) is 10.0 Å². The summed E-state index contributed by atoms with van der Waals surface area (Å²) < 4.78 is 24.2. The molecule has 2 aromatic carbocycles. The van der Waals surface area contributed by atoms with Crippen LogP contribution in [0, 0.1) is 0 Å². The van der Waals surface area contributed by atoms with Crippen LogP contribution in [-0.4, -0.2) is 42.1 Å². The first-order valence-corrected chi connectivity index (χ1v) is 12.1. The first-order valence-electron chi connectivity index (χ1n) is 8.57. The fourth-order valence-electron chi connectivity index (χ4n) is 3.44. The van der Waals surface area contributed by atoms with Gasteiger partial charge in [-0.05, 0) is 29.3 Å². The highest BCUT2D eigenvalue weighted by Crippen LogP contribution is 2.34. The summed E-state index contributed by atoms with van der Waals surface area (Å²) in [5.74, 6) is 0.984. The van der Waals surface area contributed by atoms with Gasteiger partial charge in [-0.2, -0.15) is 0 Å². The van der Waals surface area contributed by atoms with Crippen molar-refractivity contribution in [3.8, 4) is 0 Å². The average Bonchev–Trinajstić information content (AvgIpc) is 3.08. The molecule has 2 atom stereocenters. The Labute approximate surface area is 173 Å². The zero-order valence-corrected chi connectivity index (χ0v) is 17.5. The van der Waals surface area contributed by atoms with Crippen LogP contribution in [0.1, 0.15) is 11.1 Å². The molecule has 0 radical (unpaired) electrons. The van der Waals surface area contributed by atoms with Crippen LogP contribution in [-0.2, 0) is 22.1 Å². The van der Waals surface area contributed by atoms with Gasteiger partial charge in [0.15, 0.2) is 15.0 Å². The van der Waals surface area contributed by atoms with Crippen LogP contribution >= 0.6 is 35.0 Å². The van der Waals surface area contributed by atoms with Crippen LogP contribution in [0.25, 0.3) is 0 Å². The molecule has 1 fully saturated rings. The van der Waals surface area contributed by atoms with Crippen molar-refractivity contribution in [2.75, 3.05) is 11.5 Å². The highest BCUT2D eigenvalue weighted by Gasteiger charge is 2.46. The molecule has 0 N–H and O–H groups in total. The van der Waals surface area contributed by atoms with Crippen molar-refractivity contribution in [2.24, 2.45) is 4.99 Å². The minimum Gasteiger partial charge on any atom is -0.341 e. The van der Waals surface area contributed by atoms with Crippen molar-refractivity contribution < 1.29 is 8.42 Å². The summed E-state index contributed by atoms with van der Waals surface area (Å²) in [4.78, 5) is 6.87. The fourth-order valence-corrected chi connectivity index (χ4v) is 6.83. The number of benzene rings is 2. The van der Waals surface area contributed by atoms with Crippen molar-refractivity contribution in [3.05, 3.63) is 69.7 Å². The van der Waals surface area contributed by atoms with Crippen molar-refractivity contribution in [3.63, 3.8) is 0 Å². The molecular formula is C19H18Cl2N2O2S2. The van der Waals surface area contributed by atoms with Gasteiger partial charge >= 0.3 is 0 Å². The second kappa shape index (κ2) is 7.66. The molecule has 2 unspecified atom stereocenters. The Kier molecular flexibility index (Phi) is 5.43. The maximum atomic E-state index is 12.1. The molecule has 2 aliphatic heterocycles. The lowest BCUT2D eigenvalue weighted by Gasteiger charge is -2.26. The summed E-state index contributed by atoms with van der Waals surface area (Å²) in [5.41, 5.74) is 2.12. The Hall–Kier alpha value is -1.21. The van der Waals surface area contributed by atoms with E-state index < -0.39 is 9.84 Å². The zero-order chi connectivity index (χ0) is 19.0. The van der Waals surface area contributed by atoms with Gasteiger partial charge < -0.3 is 4.90 Å². The summed E-state index contributed by atoms with van der Waals surface area (Å²) >= 11 is 13.9. The van der Waals surface area contributed by atoms with Crippen molar-refractivity contribution in [1.82, 2.24) is 4.90 Å². The summed E-state index contributed by atoms with van der Waals surface area (Å²) in [6.45, 7) is 0.613. The smallest absolute Gasteiger partial charge is 0.160 e. The predicted octanol–water partition coefficient (Wildman–Crippen LogP) is 4.26. The molecule has 4 nitrogen and oxygen atoms in total. The number of fused-ring (bicyclic) bond motifs is 1. The zero-order valence-electron chi connectivity index (χ0n) is 14.4. The Morgan fingerprint density at radius 1 is 1.07 bits per heavy atom. The monoisotopic (exact) mass is 440 g/mol. The Bertz CT molecular complexity index is 977. The number of hydrogen-bond acceptors (Lipinski definition) is 5. The summed E-state index contributed by atoms with van der Waals surface area (Å²) in [6, 6.07) is 15.1. The molecule has 2 aliphatic rings. The number of amidine groups is 1. The van der Waals surface area contributed by atoms with E-state index in [0.29, 0.717) is 17.3 Å². The molecule has 0 spiro atoms. The topological polar surface area (TPSA) is 49.7 Å². The summed E-state index contributed by atoms with van der Waals surface area (Å²) in [7, 11) is -3.03. The van der Waals surface area contributed by atoms with Crippen LogP contribution in [0.4, 0.5) is 0 Å². The minimum atomic E-state index is -3.03. The molecule has 0 aliphatic carbocycles. The van der Waals surface area contributed by atoms with Gasteiger partial charge in [-0.25, -0.2) is 8.42 Å². The van der Waals surface area contributed by atoms with E-state index in [2.05, 4.69) is 4.90 Å². The highest BCUT2D eigenvalue weighted by atomic mass is 35.5. The lowest BCUT2D eigenvalue weighted by Crippen LogP contribution is -2.38. The normalized spacial score (nSPS) is 23.3. The van der Waals surface area contributed by atoms with Gasteiger partial charge in [0.1, 0.15) is 0 Å². The SMILES string of the molecule is O=S1(=O)CC2N=C(SCc3ccccc3Cl)N(Cc3ccc(Cl)cc3)C2C1. The Morgan fingerprint density at radius 2 is 1.81 bits per heavy atom. The molecule has 27 heavy (non-hydrogen) atoms. The van der Waals surface area contributed by atoms with E-state index in [1.807, 2.05) is 48.5 Å². The lowest BCUT2D eigenvalue weighted by molar-refractivity contribution is 0.343. The number of halogens is 2.